The van der Waals surface area contributed by atoms with Crippen LogP contribution in [0.25, 0.3) is 0 Å². The van der Waals surface area contributed by atoms with Gasteiger partial charge in [0, 0.05) is 11.6 Å². The predicted octanol–water partition coefficient (Wildman–Crippen LogP) is 3.84. The van der Waals surface area contributed by atoms with Crippen LogP contribution in [-0.4, -0.2) is 29.9 Å². The lowest BCUT2D eigenvalue weighted by Gasteiger charge is -2.35. The second kappa shape index (κ2) is 6.32. The second-order valence-electron chi connectivity index (χ2n) is 6.32. The van der Waals surface area contributed by atoms with E-state index in [0.717, 1.165) is 37.1 Å². The SMILES string of the molecule is Oc1cc2c(cc1C(c1ccc(F)cc1)N1CCCCC1)OCO2. The van der Waals surface area contributed by atoms with E-state index in [9.17, 15) is 9.50 Å². The molecule has 1 fully saturated rings. The standard InChI is InChI=1S/C19H20FNO3/c20-14-6-4-13(5-7-14)19(21-8-2-1-3-9-21)15-10-17-18(11-16(15)22)24-12-23-17/h4-7,10-11,19,22H,1-3,8-9,12H2. The maximum Gasteiger partial charge on any atom is 0.231 e. The van der Waals surface area contributed by atoms with Crippen LogP contribution in [0.15, 0.2) is 36.4 Å². The molecule has 5 heteroatoms. The average molecular weight is 329 g/mol. The first-order valence-electron chi connectivity index (χ1n) is 8.34. The third-order valence-electron chi connectivity index (χ3n) is 4.76. The normalized spacial score (nSPS) is 18.5. The van der Waals surface area contributed by atoms with Gasteiger partial charge >= 0.3 is 0 Å². The van der Waals surface area contributed by atoms with E-state index in [4.69, 9.17) is 9.47 Å². The smallest absolute Gasteiger partial charge is 0.231 e. The molecule has 2 aromatic carbocycles. The molecule has 2 aliphatic rings. The molecule has 2 heterocycles. The molecule has 0 aliphatic carbocycles. The van der Waals surface area contributed by atoms with E-state index < -0.39 is 0 Å². The van der Waals surface area contributed by atoms with Crippen LogP contribution in [-0.2, 0) is 0 Å². The van der Waals surface area contributed by atoms with E-state index in [2.05, 4.69) is 4.90 Å². The summed E-state index contributed by atoms with van der Waals surface area (Å²) in [5.41, 5.74) is 1.74. The number of piperidine rings is 1. The molecule has 126 valence electrons. The van der Waals surface area contributed by atoms with E-state index in [-0.39, 0.29) is 24.4 Å². The van der Waals surface area contributed by atoms with Gasteiger partial charge < -0.3 is 14.6 Å². The summed E-state index contributed by atoms with van der Waals surface area (Å²) in [5, 5.41) is 10.6. The summed E-state index contributed by atoms with van der Waals surface area (Å²) in [6.45, 7) is 2.08. The van der Waals surface area contributed by atoms with Gasteiger partial charge in [0.1, 0.15) is 11.6 Å². The molecule has 0 radical (unpaired) electrons. The Balaban J connectivity index is 1.78. The minimum Gasteiger partial charge on any atom is -0.507 e. The van der Waals surface area contributed by atoms with E-state index >= 15 is 0 Å². The highest BCUT2D eigenvalue weighted by Gasteiger charge is 2.28. The predicted molar refractivity (Wildman–Crippen MR) is 87.9 cm³/mol. The number of aromatic hydroxyl groups is 1. The van der Waals surface area contributed by atoms with Crippen LogP contribution in [0.4, 0.5) is 4.39 Å². The molecule has 4 rings (SSSR count). The summed E-state index contributed by atoms with van der Waals surface area (Å²) in [6, 6.07) is 9.85. The number of phenols is 1. The number of fused-ring (bicyclic) bond motifs is 1. The van der Waals surface area contributed by atoms with Gasteiger partial charge in [-0.05, 0) is 49.7 Å². The van der Waals surface area contributed by atoms with Crippen molar-refractivity contribution in [2.45, 2.75) is 25.3 Å². The van der Waals surface area contributed by atoms with E-state index in [0.29, 0.717) is 11.5 Å². The Morgan fingerprint density at radius 1 is 0.958 bits per heavy atom. The zero-order valence-corrected chi connectivity index (χ0v) is 13.4. The van der Waals surface area contributed by atoms with E-state index in [1.54, 1.807) is 18.2 Å². The number of benzene rings is 2. The Morgan fingerprint density at radius 3 is 2.33 bits per heavy atom. The maximum absolute atomic E-state index is 13.4. The fraction of sp³-hybridized carbons (Fsp3) is 0.368. The zero-order valence-electron chi connectivity index (χ0n) is 13.4. The van der Waals surface area contributed by atoms with Gasteiger partial charge in [0.15, 0.2) is 11.5 Å². The van der Waals surface area contributed by atoms with Crippen molar-refractivity contribution in [2.75, 3.05) is 19.9 Å². The lowest BCUT2D eigenvalue weighted by Crippen LogP contribution is -2.34. The molecule has 0 amide bonds. The summed E-state index contributed by atoms with van der Waals surface area (Å²) in [4.78, 5) is 2.34. The van der Waals surface area contributed by atoms with Gasteiger partial charge in [-0.25, -0.2) is 4.39 Å². The van der Waals surface area contributed by atoms with Crippen LogP contribution in [0.2, 0.25) is 0 Å². The molecular weight excluding hydrogens is 309 g/mol. The molecular formula is C19H20FNO3. The number of nitrogens with zero attached hydrogens (tertiary/aromatic N) is 1. The average Bonchev–Trinajstić information content (AvgIpc) is 3.05. The number of rotatable bonds is 3. The summed E-state index contributed by atoms with van der Waals surface area (Å²) in [7, 11) is 0. The number of phenolic OH excluding ortho intramolecular Hbond substituents is 1. The number of hydrogen-bond acceptors (Lipinski definition) is 4. The maximum atomic E-state index is 13.4. The van der Waals surface area contributed by atoms with Gasteiger partial charge in [0.25, 0.3) is 0 Å². The molecule has 1 atom stereocenters. The fourth-order valence-electron chi connectivity index (χ4n) is 3.57. The van der Waals surface area contributed by atoms with Crippen molar-refractivity contribution in [3.8, 4) is 17.2 Å². The highest BCUT2D eigenvalue weighted by atomic mass is 19.1. The van der Waals surface area contributed by atoms with Crippen LogP contribution in [0.3, 0.4) is 0 Å². The van der Waals surface area contributed by atoms with Crippen molar-refractivity contribution >= 4 is 0 Å². The van der Waals surface area contributed by atoms with Crippen molar-refractivity contribution < 1.29 is 19.0 Å². The Labute approximate surface area is 140 Å². The van der Waals surface area contributed by atoms with Crippen LogP contribution in [0.5, 0.6) is 17.2 Å². The molecule has 0 aromatic heterocycles. The van der Waals surface area contributed by atoms with Crippen LogP contribution in [0, 0.1) is 5.82 Å². The first-order chi connectivity index (χ1) is 11.7. The molecule has 2 aliphatic heterocycles. The molecule has 1 saturated heterocycles. The van der Waals surface area contributed by atoms with Crippen molar-refractivity contribution in [3.63, 3.8) is 0 Å². The minimum atomic E-state index is -0.258. The van der Waals surface area contributed by atoms with Gasteiger partial charge in [-0.3, -0.25) is 4.90 Å². The van der Waals surface area contributed by atoms with Crippen molar-refractivity contribution in [1.82, 2.24) is 4.90 Å². The van der Waals surface area contributed by atoms with Crippen LogP contribution >= 0.6 is 0 Å². The van der Waals surface area contributed by atoms with Gasteiger partial charge in [-0.2, -0.15) is 0 Å². The Kier molecular flexibility index (Phi) is 4.02. The molecule has 4 nitrogen and oxygen atoms in total. The van der Waals surface area contributed by atoms with Crippen LogP contribution in [0.1, 0.15) is 36.4 Å². The fourth-order valence-corrected chi connectivity index (χ4v) is 3.57. The third kappa shape index (κ3) is 2.80. The third-order valence-corrected chi connectivity index (χ3v) is 4.76. The monoisotopic (exact) mass is 329 g/mol. The van der Waals surface area contributed by atoms with Crippen molar-refractivity contribution in [1.29, 1.82) is 0 Å². The minimum absolute atomic E-state index is 0.125. The van der Waals surface area contributed by atoms with Gasteiger partial charge in [-0.1, -0.05) is 18.6 Å². The molecule has 1 N–H and O–H groups in total. The summed E-state index contributed by atoms with van der Waals surface area (Å²) >= 11 is 0. The Morgan fingerprint density at radius 2 is 1.62 bits per heavy atom. The Bertz CT molecular complexity index is 726. The number of hydrogen-bond donors (Lipinski definition) is 1. The number of halogens is 1. The second-order valence-corrected chi connectivity index (χ2v) is 6.32. The topological polar surface area (TPSA) is 41.9 Å². The van der Waals surface area contributed by atoms with Gasteiger partial charge in [-0.15, -0.1) is 0 Å². The van der Waals surface area contributed by atoms with Crippen molar-refractivity contribution in [3.05, 3.63) is 53.3 Å². The lowest BCUT2D eigenvalue weighted by molar-refractivity contribution is 0.173. The van der Waals surface area contributed by atoms with E-state index in [1.807, 2.05) is 6.07 Å². The summed E-state index contributed by atoms with van der Waals surface area (Å²) < 4.78 is 24.2. The highest BCUT2D eigenvalue weighted by Crippen LogP contribution is 2.43. The highest BCUT2D eigenvalue weighted by molar-refractivity contribution is 5.54. The quantitative estimate of drug-likeness (QED) is 0.929. The molecule has 0 saturated carbocycles. The Hall–Kier alpha value is -2.27. The summed E-state index contributed by atoms with van der Waals surface area (Å²) in [5.74, 6) is 1.13. The molecule has 0 bridgehead atoms. The van der Waals surface area contributed by atoms with Crippen molar-refractivity contribution in [2.24, 2.45) is 0 Å². The van der Waals surface area contributed by atoms with Gasteiger partial charge in [0.05, 0.1) is 6.04 Å². The molecule has 2 aromatic rings. The molecule has 24 heavy (non-hydrogen) atoms. The van der Waals surface area contributed by atoms with E-state index in [1.165, 1.54) is 18.6 Å². The first kappa shape index (κ1) is 15.3. The van der Waals surface area contributed by atoms with Gasteiger partial charge in [0.2, 0.25) is 6.79 Å². The lowest BCUT2D eigenvalue weighted by atomic mass is 9.94. The van der Waals surface area contributed by atoms with Crippen LogP contribution < -0.4 is 9.47 Å². The molecule has 1 unspecified atom stereocenters. The number of ether oxygens (including phenoxy) is 2. The zero-order chi connectivity index (χ0) is 16.5. The number of likely N-dealkylation sites (tertiary alicyclic amines) is 1. The first-order valence-corrected chi connectivity index (χ1v) is 8.34. The molecule has 0 spiro atoms. The summed E-state index contributed by atoms with van der Waals surface area (Å²) in [6.07, 6.45) is 3.48. The largest absolute Gasteiger partial charge is 0.507 e.